The Labute approximate surface area is 121 Å². The van der Waals surface area contributed by atoms with Crippen molar-refractivity contribution in [3.05, 3.63) is 23.8 Å². The van der Waals surface area contributed by atoms with Crippen molar-refractivity contribution in [2.24, 2.45) is 5.92 Å². The van der Waals surface area contributed by atoms with Gasteiger partial charge in [-0.05, 0) is 30.9 Å². The van der Waals surface area contributed by atoms with E-state index in [-0.39, 0.29) is 5.92 Å². The molecule has 3 rings (SSSR count). The van der Waals surface area contributed by atoms with Gasteiger partial charge >= 0.3 is 0 Å². The highest BCUT2D eigenvalue weighted by Gasteiger charge is 2.31. The van der Waals surface area contributed by atoms with Crippen LogP contribution in [-0.4, -0.2) is 12.5 Å². The molecule has 1 fully saturated rings. The molecular weight excluding hydrogens is 248 g/mol. The Morgan fingerprint density at radius 2 is 1.80 bits per heavy atom. The van der Waals surface area contributed by atoms with E-state index in [1.807, 2.05) is 17.0 Å². The third-order valence-electron chi connectivity index (χ3n) is 4.75. The zero-order chi connectivity index (χ0) is 13.9. The molecule has 1 aromatic carbocycles. The van der Waals surface area contributed by atoms with Crippen LogP contribution in [0.15, 0.2) is 18.2 Å². The van der Waals surface area contributed by atoms with Gasteiger partial charge in [-0.1, -0.05) is 44.2 Å². The van der Waals surface area contributed by atoms with Crippen LogP contribution in [0.3, 0.4) is 0 Å². The average molecular weight is 272 g/mol. The number of fused-ring (bicyclic) bond motifs is 1. The first-order valence-electron chi connectivity index (χ1n) is 7.96. The van der Waals surface area contributed by atoms with Gasteiger partial charge < -0.3 is 10.6 Å². The molecule has 0 bridgehead atoms. The molecule has 3 heteroatoms. The predicted octanol–water partition coefficient (Wildman–Crippen LogP) is 3.52. The van der Waals surface area contributed by atoms with E-state index in [1.54, 1.807) is 0 Å². The summed E-state index contributed by atoms with van der Waals surface area (Å²) in [5.74, 6) is 0.518. The number of nitrogens with zero attached hydrogens (tertiary/aromatic N) is 1. The molecule has 1 heterocycles. The molecule has 1 aromatic rings. The third-order valence-corrected chi connectivity index (χ3v) is 4.75. The zero-order valence-electron chi connectivity index (χ0n) is 12.1. The molecule has 0 spiro atoms. The zero-order valence-corrected chi connectivity index (χ0v) is 12.1. The van der Waals surface area contributed by atoms with E-state index in [4.69, 9.17) is 5.73 Å². The van der Waals surface area contributed by atoms with Gasteiger partial charge in [0, 0.05) is 12.5 Å². The number of carbonyl (C=O) groups excluding carboxylic acids is 1. The minimum atomic E-state index is 0.209. The summed E-state index contributed by atoms with van der Waals surface area (Å²) in [6.07, 6.45) is 9.34. The standard InChI is InChI=1S/C17H24N2O/c18-15-10-6-9-13-11-12-19(16(13)15)17(20)14-7-4-2-1-3-5-8-14/h6,9-10,14H,1-5,7-8,11-12,18H2. The maximum atomic E-state index is 12.9. The maximum absolute atomic E-state index is 12.9. The summed E-state index contributed by atoms with van der Waals surface area (Å²) in [5, 5.41) is 0. The van der Waals surface area contributed by atoms with Gasteiger partial charge in [-0.25, -0.2) is 0 Å². The van der Waals surface area contributed by atoms with E-state index >= 15 is 0 Å². The monoisotopic (exact) mass is 272 g/mol. The Morgan fingerprint density at radius 1 is 1.10 bits per heavy atom. The van der Waals surface area contributed by atoms with Gasteiger partial charge in [0.2, 0.25) is 5.91 Å². The summed E-state index contributed by atoms with van der Waals surface area (Å²) in [5.41, 5.74) is 9.05. The molecule has 108 valence electrons. The quantitative estimate of drug-likeness (QED) is 0.795. The number of amides is 1. The molecular formula is C17H24N2O. The van der Waals surface area contributed by atoms with Gasteiger partial charge in [0.1, 0.15) is 0 Å². The van der Waals surface area contributed by atoms with E-state index < -0.39 is 0 Å². The fraction of sp³-hybridized carbons (Fsp3) is 0.588. The first kappa shape index (κ1) is 13.5. The Balaban J connectivity index is 1.78. The molecule has 20 heavy (non-hydrogen) atoms. The summed E-state index contributed by atoms with van der Waals surface area (Å²) in [7, 11) is 0. The third kappa shape index (κ3) is 2.54. The van der Waals surface area contributed by atoms with Crippen molar-refractivity contribution in [3.8, 4) is 0 Å². The largest absolute Gasteiger partial charge is 0.397 e. The SMILES string of the molecule is Nc1cccc2c1N(C(=O)C1CCCCCCC1)CC2. The van der Waals surface area contributed by atoms with Crippen molar-refractivity contribution in [1.82, 2.24) is 0 Å². The fourth-order valence-corrected chi connectivity index (χ4v) is 3.63. The second kappa shape index (κ2) is 5.86. The minimum absolute atomic E-state index is 0.209. The van der Waals surface area contributed by atoms with Gasteiger partial charge in [0.25, 0.3) is 0 Å². The van der Waals surface area contributed by atoms with Crippen LogP contribution in [0.4, 0.5) is 11.4 Å². The lowest BCUT2D eigenvalue weighted by atomic mass is 9.90. The van der Waals surface area contributed by atoms with E-state index in [9.17, 15) is 4.79 Å². The van der Waals surface area contributed by atoms with Crippen molar-refractivity contribution in [2.75, 3.05) is 17.2 Å². The molecule has 0 unspecified atom stereocenters. The molecule has 2 aliphatic rings. The number of anilines is 2. The van der Waals surface area contributed by atoms with Gasteiger partial charge in [-0.3, -0.25) is 4.79 Å². The number of hydrogen-bond donors (Lipinski definition) is 1. The van der Waals surface area contributed by atoms with Crippen LogP contribution in [0, 0.1) is 5.92 Å². The topological polar surface area (TPSA) is 46.3 Å². The summed E-state index contributed by atoms with van der Waals surface area (Å²) < 4.78 is 0. The Morgan fingerprint density at radius 3 is 2.55 bits per heavy atom. The van der Waals surface area contributed by atoms with Crippen molar-refractivity contribution >= 4 is 17.3 Å². The van der Waals surface area contributed by atoms with Crippen LogP contribution in [0.25, 0.3) is 0 Å². The lowest BCUT2D eigenvalue weighted by Gasteiger charge is -2.26. The van der Waals surface area contributed by atoms with E-state index in [0.29, 0.717) is 5.91 Å². The highest BCUT2D eigenvalue weighted by atomic mass is 16.2. The molecule has 0 aromatic heterocycles. The highest BCUT2D eigenvalue weighted by molar-refractivity contribution is 6.00. The Hall–Kier alpha value is -1.51. The predicted molar refractivity (Wildman–Crippen MR) is 82.7 cm³/mol. The summed E-state index contributed by atoms with van der Waals surface area (Å²) in [6.45, 7) is 0.804. The van der Waals surface area contributed by atoms with E-state index in [2.05, 4.69) is 6.07 Å². The molecule has 2 N–H and O–H groups in total. The normalized spacial score (nSPS) is 20.3. The van der Waals surface area contributed by atoms with Crippen LogP contribution in [0.5, 0.6) is 0 Å². The number of carbonyl (C=O) groups is 1. The second-order valence-corrected chi connectivity index (χ2v) is 6.14. The maximum Gasteiger partial charge on any atom is 0.230 e. The number of rotatable bonds is 1. The molecule has 1 amide bonds. The number of benzene rings is 1. The number of para-hydroxylation sites is 1. The van der Waals surface area contributed by atoms with Crippen molar-refractivity contribution in [3.63, 3.8) is 0 Å². The van der Waals surface area contributed by atoms with Crippen molar-refractivity contribution in [1.29, 1.82) is 0 Å². The second-order valence-electron chi connectivity index (χ2n) is 6.14. The fourth-order valence-electron chi connectivity index (χ4n) is 3.63. The molecule has 0 atom stereocenters. The first-order chi connectivity index (χ1) is 9.77. The van der Waals surface area contributed by atoms with Crippen LogP contribution in [0.1, 0.15) is 50.5 Å². The van der Waals surface area contributed by atoms with Crippen molar-refractivity contribution in [2.45, 2.75) is 51.4 Å². The van der Waals surface area contributed by atoms with Gasteiger partial charge in [0.05, 0.1) is 11.4 Å². The minimum Gasteiger partial charge on any atom is -0.397 e. The Bertz CT molecular complexity index is 490. The van der Waals surface area contributed by atoms with Gasteiger partial charge in [0.15, 0.2) is 0 Å². The molecule has 3 nitrogen and oxygen atoms in total. The summed E-state index contributed by atoms with van der Waals surface area (Å²) in [6, 6.07) is 5.98. The molecule has 1 aliphatic carbocycles. The van der Waals surface area contributed by atoms with Crippen LogP contribution in [0.2, 0.25) is 0 Å². The lowest BCUT2D eigenvalue weighted by molar-refractivity contribution is -0.122. The van der Waals surface area contributed by atoms with Gasteiger partial charge in [-0.15, -0.1) is 0 Å². The van der Waals surface area contributed by atoms with Crippen molar-refractivity contribution < 1.29 is 4.79 Å². The molecule has 0 radical (unpaired) electrons. The average Bonchev–Trinajstić information content (AvgIpc) is 2.83. The van der Waals surface area contributed by atoms with Crippen LogP contribution >= 0.6 is 0 Å². The first-order valence-corrected chi connectivity index (χ1v) is 7.96. The summed E-state index contributed by atoms with van der Waals surface area (Å²) in [4.78, 5) is 14.8. The number of nitrogen functional groups attached to an aromatic ring is 1. The summed E-state index contributed by atoms with van der Waals surface area (Å²) >= 11 is 0. The van der Waals surface area contributed by atoms with E-state index in [0.717, 1.165) is 37.2 Å². The molecule has 1 aliphatic heterocycles. The van der Waals surface area contributed by atoms with Crippen LogP contribution in [-0.2, 0) is 11.2 Å². The highest BCUT2D eigenvalue weighted by Crippen LogP contribution is 2.36. The van der Waals surface area contributed by atoms with Gasteiger partial charge in [-0.2, -0.15) is 0 Å². The molecule has 0 saturated heterocycles. The smallest absolute Gasteiger partial charge is 0.230 e. The van der Waals surface area contributed by atoms with E-state index in [1.165, 1.54) is 37.7 Å². The number of hydrogen-bond acceptors (Lipinski definition) is 2. The Kier molecular flexibility index (Phi) is 3.95. The number of nitrogens with two attached hydrogens (primary N) is 1. The lowest BCUT2D eigenvalue weighted by Crippen LogP contribution is -2.35. The van der Waals surface area contributed by atoms with Crippen LogP contribution < -0.4 is 10.6 Å². The molecule has 1 saturated carbocycles.